The van der Waals surface area contributed by atoms with Crippen LogP contribution in [0.15, 0.2) is 12.7 Å². The number of aryl methyl sites for hydroxylation is 1. The van der Waals surface area contributed by atoms with Crippen LogP contribution in [-0.2, 0) is 13.6 Å². The van der Waals surface area contributed by atoms with Gasteiger partial charge in [0, 0.05) is 5.10 Å². The molecule has 5 nitrogen and oxygen atoms in total. The summed E-state index contributed by atoms with van der Waals surface area (Å²) >= 11 is 0. The number of hydrogen-bond donors (Lipinski definition) is 0. The summed E-state index contributed by atoms with van der Waals surface area (Å²) in [6, 6.07) is 0.737. The van der Waals surface area contributed by atoms with Crippen LogP contribution < -0.4 is 4.57 Å². The van der Waals surface area contributed by atoms with E-state index in [9.17, 15) is 0 Å². The van der Waals surface area contributed by atoms with Crippen LogP contribution in [0.3, 0.4) is 0 Å². The van der Waals surface area contributed by atoms with Crippen molar-refractivity contribution in [2.45, 2.75) is 26.4 Å². The third-order valence-corrected chi connectivity index (χ3v) is 5.14. The van der Waals surface area contributed by atoms with Gasteiger partial charge in [0.05, 0.1) is 27.2 Å². The second kappa shape index (κ2) is 5.21. The highest BCUT2D eigenvalue weighted by atomic mass is 15.5. The molecule has 1 saturated heterocycles. The molecule has 2 heterocycles. The van der Waals surface area contributed by atoms with Gasteiger partial charge in [-0.25, -0.2) is 4.57 Å². The largest absolute Gasteiger partial charge is 0.315 e. The van der Waals surface area contributed by atoms with E-state index >= 15 is 0 Å². The second-order valence-corrected chi connectivity index (χ2v) is 6.97. The maximum Gasteiger partial charge on any atom is 0.265 e. The zero-order valence-corrected chi connectivity index (χ0v) is 13.2. The highest BCUT2D eigenvalue weighted by molar-refractivity contribution is 4.53. The van der Waals surface area contributed by atoms with E-state index in [0.717, 1.165) is 12.6 Å². The van der Waals surface area contributed by atoms with E-state index in [2.05, 4.69) is 43.9 Å². The predicted molar refractivity (Wildman–Crippen MR) is 75.2 cm³/mol. The summed E-state index contributed by atoms with van der Waals surface area (Å²) in [5, 5.41) is 4.22. The highest BCUT2D eigenvalue weighted by Crippen LogP contribution is 2.18. The van der Waals surface area contributed by atoms with Gasteiger partial charge in [-0.1, -0.05) is 0 Å². The number of quaternary nitrogens is 2. The van der Waals surface area contributed by atoms with Gasteiger partial charge in [0.25, 0.3) is 6.33 Å². The third kappa shape index (κ3) is 3.34. The average Bonchev–Trinajstić information content (AvgIpc) is 2.77. The van der Waals surface area contributed by atoms with Gasteiger partial charge < -0.3 is 8.97 Å². The number of hydrogen-bond acceptors (Lipinski definition) is 1. The summed E-state index contributed by atoms with van der Waals surface area (Å²) in [4.78, 5) is 0. The van der Waals surface area contributed by atoms with Crippen LogP contribution >= 0.6 is 0 Å². The van der Waals surface area contributed by atoms with E-state index in [4.69, 9.17) is 0 Å². The minimum atomic E-state index is 0.737. The molecular weight excluding hydrogens is 238 g/mol. The maximum atomic E-state index is 4.22. The van der Waals surface area contributed by atoms with E-state index in [1.807, 2.05) is 18.1 Å². The number of nitrogens with zero attached hydrogens (tertiary/aromatic N) is 5. The second-order valence-electron chi connectivity index (χ2n) is 6.97. The van der Waals surface area contributed by atoms with Crippen molar-refractivity contribution in [3.05, 3.63) is 12.7 Å². The first-order chi connectivity index (χ1) is 8.83. The van der Waals surface area contributed by atoms with Crippen molar-refractivity contribution in [3.63, 3.8) is 0 Å². The fraction of sp³-hybridized carbons (Fsp3) is 0.857. The molecule has 5 heteroatoms. The fourth-order valence-electron chi connectivity index (χ4n) is 2.80. The van der Waals surface area contributed by atoms with Gasteiger partial charge in [-0.2, -0.15) is 0 Å². The van der Waals surface area contributed by atoms with E-state index in [1.165, 1.54) is 41.7 Å². The Hall–Kier alpha value is -0.940. The molecule has 1 fully saturated rings. The standard InChI is InChI=1S/C14H30N5/c1-14(2)19(5)10-8-18(4,9-11-19)7-6-17-12-15-16(3)13-17/h12-14H,6-11H2,1-5H3/q+3. The minimum Gasteiger partial charge on any atom is -0.315 e. The van der Waals surface area contributed by atoms with Gasteiger partial charge in [-0.15, -0.1) is 4.68 Å². The van der Waals surface area contributed by atoms with Crippen molar-refractivity contribution in [2.75, 3.05) is 46.8 Å². The first-order valence-corrected chi connectivity index (χ1v) is 7.38. The molecule has 0 atom stereocenters. The van der Waals surface area contributed by atoms with Crippen molar-refractivity contribution in [3.8, 4) is 0 Å². The summed E-state index contributed by atoms with van der Waals surface area (Å²) in [5.41, 5.74) is 0. The lowest BCUT2D eigenvalue weighted by atomic mass is 10.1. The molecule has 1 aromatic heterocycles. The number of rotatable bonds is 4. The van der Waals surface area contributed by atoms with Crippen molar-refractivity contribution in [2.24, 2.45) is 7.05 Å². The third-order valence-electron chi connectivity index (χ3n) is 5.14. The molecule has 0 aromatic carbocycles. The highest BCUT2D eigenvalue weighted by Gasteiger charge is 2.38. The summed E-state index contributed by atoms with van der Waals surface area (Å²) in [6.07, 6.45) is 3.98. The van der Waals surface area contributed by atoms with E-state index in [0.29, 0.717) is 0 Å². The molecular formula is C14H30N5+3. The Labute approximate surface area is 117 Å². The van der Waals surface area contributed by atoms with Crippen LogP contribution in [0, 0.1) is 0 Å². The molecule has 0 N–H and O–H groups in total. The van der Waals surface area contributed by atoms with Crippen LogP contribution in [0.4, 0.5) is 0 Å². The Kier molecular flexibility index (Phi) is 3.97. The van der Waals surface area contributed by atoms with Gasteiger partial charge in [-0.3, -0.25) is 0 Å². The van der Waals surface area contributed by atoms with Crippen molar-refractivity contribution in [1.29, 1.82) is 0 Å². The average molecular weight is 268 g/mol. The summed E-state index contributed by atoms with van der Waals surface area (Å²) in [6.45, 7) is 12.1. The van der Waals surface area contributed by atoms with E-state index in [1.54, 1.807) is 0 Å². The molecule has 1 aliphatic heterocycles. The fourth-order valence-corrected chi connectivity index (χ4v) is 2.80. The van der Waals surface area contributed by atoms with Crippen LogP contribution in [0.25, 0.3) is 0 Å². The van der Waals surface area contributed by atoms with Gasteiger partial charge >= 0.3 is 0 Å². The summed E-state index contributed by atoms with van der Waals surface area (Å²) in [5.74, 6) is 0. The Balaban J connectivity index is 1.88. The molecule has 108 valence electrons. The molecule has 0 amide bonds. The number of piperazine rings is 1. The van der Waals surface area contributed by atoms with Gasteiger partial charge in [0.15, 0.2) is 0 Å². The van der Waals surface area contributed by atoms with E-state index < -0.39 is 0 Å². The van der Waals surface area contributed by atoms with Crippen LogP contribution in [-0.4, -0.2) is 71.6 Å². The monoisotopic (exact) mass is 268 g/mol. The molecule has 0 saturated carbocycles. The van der Waals surface area contributed by atoms with Crippen molar-refractivity contribution in [1.82, 2.24) is 9.78 Å². The van der Waals surface area contributed by atoms with E-state index in [-0.39, 0.29) is 0 Å². The first kappa shape index (κ1) is 14.5. The zero-order chi connectivity index (χ0) is 14.1. The van der Waals surface area contributed by atoms with Crippen LogP contribution in [0.1, 0.15) is 13.8 Å². The Morgan fingerprint density at radius 2 is 1.84 bits per heavy atom. The SMILES string of the molecule is CC(C)[N+]1(C)CC[N+](C)(CC[n+]2cnn(C)c2)CC1. The molecule has 0 radical (unpaired) electrons. The number of likely N-dealkylation sites (N-methyl/N-ethyl adjacent to an activating group) is 2. The molecule has 2 rings (SSSR count). The van der Waals surface area contributed by atoms with Crippen LogP contribution in [0.2, 0.25) is 0 Å². The molecule has 0 unspecified atom stereocenters. The quantitative estimate of drug-likeness (QED) is 0.557. The maximum absolute atomic E-state index is 4.22. The molecule has 0 aliphatic carbocycles. The summed E-state index contributed by atoms with van der Waals surface area (Å²) < 4.78 is 6.48. The van der Waals surface area contributed by atoms with Gasteiger partial charge in [-0.05, 0) is 13.8 Å². The summed E-state index contributed by atoms with van der Waals surface area (Å²) in [7, 11) is 6.78. The van der Waals surface area contributed by atoms with Crippen molar-refractivity contribution >= 4 is 0 Å². The topological polar surface area (TPSA) is 21.7 Å². The lowest BCUT2D eigenvalue weighted by molar-refractivity contribution is -1.03. The Bertz CT molecular complexity index is 415. The predicted octanol–water partition coefficient (Wildman–Crippen LogP) is 0.0228. The number of aromatic nitrogens is 3. The first-order valence-electron chi connectivity index (χ1n) is 7.38. The minimum absolute atomic E-state index is 0.737. The Morgan fingerprint density at radius 1 is 1.21 bits per heavy atom. The van der Waals surface area contributed by atoms with Gasteiger partial charge in [0.2, 0.25) is 6.33 Å². The smallest absolute Gasteiger partial charge is 0.265 e. The lowest BCUT2D eigenvalue weighted by Gasteiger charge is -2.48. The molecule has 1 aliphatic rings. The lowest BCUT2D eigenvalue weighted by Crippen LogP contribution is -2.67. The van der Waals surface area contributed by atoms with Crippen molar-refractivity contribution < 1.29 is 13.5 Å². The molecule has 0 spiro atoms. The Morgan fingerprint density at radius 3 is 2.32 bits per heavy atom. The van der Waals surface area contributed by atoms with Gasteiger partial charge in [0.1, 0.15) is 39.3 Å². The molecule has 1 aromatic rings. The molecule has 0 bridgehead atoms. The van der Waals surface area contributed by atoms with Crippen LogP contribution in [0.5, 0.6) is 0 Å². The zero-order valence-electron chi connectivity index (χ0n) is 13.2. The normalized spacial score (nSPS) is 31.9. The molecule has 19 heavy (non-hydrogen) atoms.